The molecule has 2 rings (SSSR count). The molecule has 1 aromatic carbocycles. The standard InChI is InChI=1S/C16H18Cl2N2OS/c1-3-20(10-13-5-4-8-22-13)11(2)16(21)19-15-7-6-12(17)9-14(15)18/h4-9,11H,3,10H2,1-2H3,(H,19,21). The molecular formula is C16H18Cl2N2OS. The molecule has 0 aliphatic heterocycles. The maximum atomic E-state index is 12.4. The van der Waals surface area contributed by atoms with Crippen LogP contribution in [0.25, 0.3) is 0 Å². The van der Waals surface area contributed by atoms with Gasteiger partial charge in [-0.25, -0.2) is 0 Å². The number of benzene rings is 1. The molecule has 0 saturated carbocycles. The summed E-state index contributed by atoms with van der Waals surface area (Å²) in [7, 11) is 0. The van der Waals surface area contributed by atoms with E-state index in [1.54, 1.807) is 29.5 Å². The van der Waals surface area contributed by atoms with Crippen LogP contribution in [0.4, 0.5) is 5.69 Å². The largest absolute Gasteiger partial charge is 0.323 e. The second-order valence-corrected chi connectivity index (χ2v) is 6.81. The highest BCUT2D eigenvalue weighted by molar-refractivity contribution is 7.09. The molecule has 1 N–H and O–H groups in total. The maximum Gasteiger partial charge on any atom is 0.241 e. The van der Waals surface area contributed by atoms with Crippen molar-refractivity contribution in [2.45, 2.75) is 26.4 Å². The van der Waals surface area contributed by atoms with Gasteiger partial charge < -0.3 is 5.32 Å². The number of thiophene rings is 1. The monoisotopic (exact) mass is 356 g/mol. The summed E-state index contributed by atoms with van der Waals surface area (Å²) in [5.74, 6) is -0.0809. The first-order chi connectivity index (χ1) is 10.5. The van der Waals surface area contributed by atoms with Gasteiger partial charge in [0.15, 0.2) is 0 Å². The first-order valence-corrected chi connectivity index (χ1v) is 8.67. The van der Waals surface area contributed by atoms with E-state index in [1.807, 2.05) is 25.3 Å². The third-order valence-corrected chi connectivity index (χ3v) is 4.87. The molecule has 6 heteroatoms. The summed E-state index contributed by atoms with van der Waals surface area (Å²) in [6.45, 7) is 5.50. The van der Waals surface area contributed by atoms with Gasteiger partial charge in [0.05, 0.1) is 16.8 Å². The quantitative estimate of drug-likeness (QED) is 0.797. The Bertz CT molecular complexity index is 631. The lowest BCUT2D eigenvalue weighted by molar-refractivity contribution is -0.120. The molecule has 0 radical (unpaired) electrons. The van der Waals surface area contributed by atoms with E-state index in [1.165, 1.54) is 4.88 Å². The van der Waals surface area contributed by atoms with E-state index in [9.17, 15) is 4.79 Å². The van der Waals surface area contributed by atoms with Crippen LogP contribution in [0.15, 0.2) is 35.7 Å². The van der Waals surface area contributed by atoms with E-state index in [4.69, 9.17) is 23.2 Å². The zero-order chi connectivity index (χ0) is 16.1. The number of anilines is 1. The molecule has 0 aliphatic carbocycles. The van der Waals surface area contributed by atoms with E-state index in [-0.39, 0.29) is 11.9 Å². The summed E-state index contributed by atoms with van der Waals surface area (Å²) in [6.07, 6.45) is 0. The number of hydrogen-bond acceptors (Lipinski definition) is 3. The minimum Gasteiger partial charge on any atom is -0.323 e. The van der Waals surface area contributed by atoms with Gasteiger partial charge in [-0.1, -0.05) is 36.2 Å². The van der Waals surface area contributed by atoms with E-state index in [0.29, 0.717) is 15.7 Å². The van der Waals surface area contributed by atoms with Crippen molar-refractivity contribution in [3.8, 4) is 0 Å². The number of likely N-dealkylation sites (N-methyl/N-ethyl adjacent to an activating group) is 1. The fourth-order valence-corrected chi connectivity index (χ4v) is 3.30. The maximum absolute atomic E-state index is 12.4. The van der Waals surface area contributed by atoms with Gasteiger partial charge in [-0.15, -0.1) is 11.3 Å². The van der Waals surface area contributed by atoms with E-state index in [2.05, 4.69) is 16.3 Å². The highest BCUT2D eigenvalue weighted by Crippen LogP contribution is 2.25. The predicted octanol–water partition coefficient (Wildman–Crippen LogP) is 4.90. The summed E-state index contributed by atoms with van der Waals surface area (Å²) in [6, 6.07) is 8.88. The van der Waals surface area contributed by atoms with E-state index >= 15 is 0 Å². The molecule has 0 spiro atoms. The highest BCUT2D eigenvalue weighted by atomic mass is 35.5. The molecule has 2 aromatic rings. The van der Waals surface area contributed by atoms with Crippen molar-refractivity contribution in [2.75, 3.05) is 11.9 Å². The number of nitrogens with one attached hydrogen (secondary N) is 1. The molecule has 0 aliphatic rings. The van der Waals surface area contributed by atoms with Crippen molar-refractivity contribution in [2.24, 2.45) is 0 Å². The number of carbonyl (C=O) groups is 1. The Morgan fingerprint density at radius 1 is 1.36 bits per heavy atom. The number of carbonyl (C=O) groups excluding carboxylic acids is 1. The predicted molar refractivity (Wildman–Crippen MR) is 95.0 cm³/mol. The van der Waals surface area contributed by atoms with Crippen LogP contribution in [0.1, 0.15) is 18.7 Å². The van der Waals surface area contributed by atoms with E-state index < -0.39 is 0 Å². The summed E-state index contributed by atoms with van der Waals surface area (Å²) in [4.78, 5) is 15.8. The molecule has 1 heterocycles. The Kier molecular flexibility index (Phi) is 6.26. The van der Waals surface area contributed by atoms with Gasteiger partial charge in [0.1, 0.15) is 0 Å². The fraction of sp³-hybridized carbons (Fsp3) is 0.312. The lowest BCUT2D eigenvalue weighted by Crippen LogP contribution is -2.41. The van der Waals surface area contributed by atoms with Gasteiger partial charge in [-0.2, -0.15) is 0 Å². The first kappa shape index (κ1) is 17.3. The van der Waals surface area contributed by atoms with Crippen molar-refractivity contribution in [3.63, 3.8) is 0 Å². The van der Waals surface area contributed by atoms with Crippen molar-refractivity contribution in [1.29, 1.82) is 0 Å². The minimum absolute atomic E-state index is 0.0809. The van der Waals surface area contributed by atoms with Crippen molar-refractivity contribution >= 4 is 46.1 Å². The van der Waals surface area contributed by atoms with Crippen LogP contribution in [0, 0.1) is 0 Å². The number of hydrogen-bond donors (Lipinski definition) is 1. The molecule has 3 nitrogen and oxygen atoms in total. The molecule has 1 atom stereocenters. The summed E-state index contributed by atoms with van der Waals surface area (Å²) in [5, 5.41) is 5.89. The summed E-state index contributed by atoms with van der Waals surface area (Å²) < 4.78 is 0. The minimum atomic E-state index is -0.251. The van der Waals surface area contributed by atoms with Crippen LogP contribution in [-0.4, -0.2) is 23.4 Å². The Morgan fingerprint density at radius 2 is 2.14 bits per heavy atom. The molecule has 118 valence electrons. The Morgan fingerprint density at radius 3 is 2.73 bits per heavy atom. The van der Waals surface area contributed by atoms with Crippen LogP contribution >= 0.6 is 34.5 Å². The molecule has 0 fully saturated rings. The smallest absolute Gasteiger partial charge is 0.241 e. The topological polar surface area (TPSA) is 32.3 Å². The second kappa shape index (κ2) is 7.97. The van der Waals surface area contributed by atoms with Gasteiger partial charge in [0, 0.05) is 16.4 Å². The van der Waals surface area contributed by atoms with Crippen LogP contribution in [0.2, 0.25) is 10.0 Å². The zero-order valence-electron chi connectivity index (χ0n) is 12.5. The van der Waals surface area contributed by atoms with E-state index in [0.717, 1.165) is 13.1 Å². The molecule has 1 amide bonds. The van der Waals surface area contributed by atoms with Gasteiger partial charge in [-0.3, -0.25) is 9.69 Å². The van der Waals surface area contributed by atoms with Crippen LogP contribution in [-0.2, 0) is 11.3 Å². The van der Waals surface area contributed by atoms with Gasteiger partial charge in [-0.05, 0) is 43.1 Å². The average molecular weight is 357 g/mol. The zero-order valence-corrected chi connectivity index (χ0v) is 14.8. The van der Waals surface area contributed by atoms with Crippen LogP contribution in [0.3, 0.4) is 0 Å². The first-order valence-electron chi connectivity index (χ1n) is 7.03. The number of amides is 1. The third-order valence-electron chi connectivity index (χ3n) is 3.46. The lowest BCUT2D eigenvalue weighted by Gasteiger charge is -2.26. The molecule has 0 bridgehead atoms. The van der Waals surface area contributed by atoms with Crippen LogP contribution in [0.5, 0.6) is 0 Å². The highest BCUT2D eigenvalue weighted by Gasteiger charge is 2.21. The average Bonchev–Trinajstić information content (AvgIpc) is 3.00. The van der Waals surface area contributed by atoms with Crippen molar-refractivity contribution in [1.82, 2.24) is 4.90 Å². The number of rotatable bonds is 6. The SMILES string of the molecule is CCN(Cc1cccs1)C(C)C(=O)Nc1ccc(Cl)cc1Cl. The van der Waals surface area contributed by atoms with Gasteiger partial charge >= 0.3 is 0 Å². The van der Waals surface area contributed by atoms with Gasteiger partial charge in [0.25, 0.3) is 0 Å². The Labute approximate surface area is 144 Å². The molecule has 1 unspecified atom stereocenters. The Balaban J connectivity index is 2.03. The molecule has 22 heavy (non-hydrogen) atoms. The summed E-state index contributed by atoms with van der Waals surface area (Å²) in [5.41, 5.74) is 0.579. The summed E-state index contributed by atoms with van der Waals surface area (Å²) >= 11 is 13.7. The fourth-order valence-electron chi connectivity index (χ4n) is 2.12. The Hall–Kier alpha value is -1.07. The van der Waals surface area contributed by atoms with Gasteiger partial charge in [0.2, 0.25) is 5.91 Å². The third kappa shape index (κ3) is 4.46. The number of halogens is 2. The van der Waals surface area contributed by atoms with Crippen molar-refractivity contribution < 1.29 is 4.79 Å². The lowest BCUT2D eigenvalue weighted by atomic mass is 10.2. The molecule has 1 aromatic heterocycles. The van der Waals surface area contributed by atoms with Crippen molar-refractivity contribution in [3.05, 3.63) is 50.6 Å². The molecular weight excluding hydrogens is 339 g/mol. The normalized spacial score (nSPS) is 12.4. The van der Waals surface area contributed by atoms with Crippen LogP contribution < -0.4 is 5.32 Å². The molecule has 0 saturated heterocycles. The second-order valence-electron chi connectivity index (χ2n) is 4.93. The number of nitrogens with zero attached hydrogens (tertiary/aromatic N) is 1.